The van der Waals surface area contributed by atoms with Crippen molar-refractivity contribution in [3.8, 4) is 0 Å². The Bertz CT molecular complexity index is 808. The quantitative estimate of drug-likeness (QED) is 0.282. The molecule has 0 aliphatic heterocycles. The molecular weight excluding hydrogens is 364 g/mol. The monoisotopic (exact) mass is 390 g/mol. The van der Waals surface area contributed by atoms with Crippen molar-refractivity contribution in [2.24, 2.45) is 16.7 Å². The van der Waals surface area contributed by atoms with Crippen LogP contribution < -0.4 is 0 Å². The van der Waals surface area contributed by atoms with E-state index in [4.69, 9.17) is 4.74 Å². The first-order valence-corrected chi connectivity index (χ1v) is 9.42. The maximum Gasteiger partial charge on any atom is 0.293 e. The molecule has 3 rings (SSSR count). The summed E-state index contributed by atoms with van der Waals surface area (Å²) in [7, 11) is 0. The topological polar surface area (TPSA) is 121 Å². The number of Topliss-reactive ketones (excluding diaryl/α,β-unsaturated/α-hetero) is 2. The van der Waals surface area contributed by atoms with Gasteiger partial charge in [0.15, 0.2) is 0 Å². The van der Waals surface area contributed by atoms with Gasteiger partial charge >= 0.3 is 0 Å². The van der Waals surface area contributed by atoms with Crippen molar-refractivity contribution in [1.82, 2.24) is 0 Å². The van der Waals surface area contributed by atoms with Crippen LogP contribution in [0.5, 0.6) is 0 Å². The summed E-state index contributed by atoms with van der Waals surface area (Å²) in [6.45, 7) is 7.51. The van der Waals surface area contributed by atoms with Crippen molar-refractivity contribution in [3.63, 3.8) is 0 Å². The minimum Gasteiger partial charge on any atom is -0.507 e. The fourth-order valence-corrected chi connectivity index (χ4v) is 5.70. The Morgan fingerprint density at radius 3 is 2.50 bits per heavy atom. The Morgan fingerprint density at radius 2 is 1.89 bits per heavy atom. The number of rotatable bonds is 5. The minimum absolute atomic E-state index is 0.0129. The van der Waals surface area contributed by atoms with Gasteiger partial charge in [0.2, 0.25) is 11.6 Å². The van der Waals surface area contributed by atoms with Gasteiger partial charge in [0.25, 0.3) is 6.47 Å². The Kier molecular flexibility index (Phi) is 5.10. The molecule has 7 heteroatoms. The second kappa shape index (κ2) is 6.97. The van der Waals surface area contributed by atoms with Gasteiger partial charge in [0.1, 0.15) is 11.9 Å². The zero-order chi connectivity index (χ0) is 20.9. The Labute approximate surface area is 163 Å². The first kappa shape index (κ1) is 20.5. The van der Waals surface area contributed by atoms with Crippen LogP contribution >= 0.6 is 0 Å². The lowest BCUT2D eigenvalue weighted by Crippen LogP contribution is -2.61. The molecule has 0 unspecified atom stereocenters. The third-order valence-electron chi connectivity index (χ3n) is 6.76. The molecule has 28 heavy (non-hydrogen) atoms. The van der Waals surface area contributed by atoms with Crippen molar-refractivity contribution in [2.75, 3.05) is 6.61 Å². The summed E-state index contributed by atoms with van der Waals surface area (Å²) in [5.41, 5.74) is -1.75. The van der Waals surface area contributed by atoms with Gasteiger partial charge in [0.05, 0.1) is 12.7 Å². The number of carbonyl (C=O) groups excluding carboxylic acids is 3. The standard InChI is InChI=1S/C21H26O7/c1-4-6-11-14(23)12-13(17(26)15(11)24)21(3)8-5-7-20(2,9-28-10-22)19(21)18(27)16(12)25/h4,10,16,18-19,23,25,27H,1,5-9H2,2-3H3/t16-,18+,19-,20+,21+/m0/s1. The first-order valence-electron chi connectivity index (χ1n) is 9.42. The summed E-state index contributed by atoms with van der Waals surface area (Å²) < 4.78 is 5.00. The van der Waals surface area contributed by atoms with E-state index < -0.39 is 46.3 Å². The predicted molar refractivity (Wildman–Crippen MR) is 99.1 cm³/mol. The number of ether oxygens (including phenoxy) is 1. The molecule has 3 aliphatic rings. The molecule has 0 saturated heterocycles. The van der Waals surface area contributed by atoms with Gasteiger partial charge in [-0.15, -0.1) is 6.58 Å². The molecule has 0 bridgehead atoms. The average molecular weight is 390 g/mol. The fourth-order valence-electron chi connectivity index (χ4n) is 5.70. The highest BCUT2D eigenvalue weighted by Gasteiger charge is 2.62. The Hall–Kier alpha value is -2.25. The number of hydrogen-bond acceptors (Lipinski definition) is 7. The van der Waals surface area contributed by atoms with Crippen LogP contribution in [0.3, 0.4) is 0 Å². The molecule has 0 radical (unpaired) electrons. The Morgan fingerprint density at radius 1 is 1.21 bits per heavy atom. The lowest BCUT2D eigenvalue weighted by molar-refractivity contribution is -0.157. The highest BCUT2D eigenvalue weighted by molar-refractivity contribution is 6.50. The molecule has 0 aromatic heterocycles. The van der Waals surface area contributed by atoms with E-state index in [-0.39, 0.29) is 29.7 Å². The van der Waals surface area contributed by atoms with Crippen LogP contribution in [0.15, 0.2) is 35.1 Å². The van der Waals surface area contributed by atoms with Gasteiger partial charge in [-0.05, 0) is 19.3 Å². The van der Waals surface area contributed by atoms with E-state index in [1.165, 1.54) is 6.08 Å². The van der Waals surface area contributed by atoms with E-state index >= 15 is 0 Å². The van der Waals surface area contributed by atoms with Crippen molar-refractivity contribution in [3.05, 3.63) is 35.1 Å². The summed E-state index contributed by atoms with van der Waals surface area (Å²) in [5, 5.41) is 32.6. The van der Waals surface area contributed by atoms with Crippen molar-refractivity contribution < 1.29 is 34.4 Å². The van der Waals surface area contributed by atoms with E-state index in [0.29, 0.717) is 25.7 Å². The minimum atomic E-state index is -1.53. The number of aliphatic hydroxyl groups is 3. The third kappa shape index (κ3) is 2.68. The molecule has 0 aromatic rings. The van der Waals surface area contributed by atoms with Gasteiger partial charge in [0, 0.05) is 33.5 Å². The fraction of sp³-hybridized carbons (Fsp3) is 0.571. The normalized spacial score (nSPS) is 38.1. The van der Waals surface area contributed by atoms with Crippen LogP contribution in [0.4, 0.5) is 0 Å². The second-order valence-corrected chi connectivity index (χ2v) is 8.51. The van der Waals surface area contributed by atoms with Crippen LogP contribution in [0.25, 0.3) is 0 Å². The largest absolute Gasteiger partial charge is 0.507 e. The molecule has 5 atom stereocenters. The number of ketones is 2. The molecular formula is C21H26O7. The van der Waals surface area contributed by atoms with Gasteiger partial charge in [-0.2, -0.15) is 0 Å². The highest BCUT2D eigenvalue weighted by atomic mass is 16.5. The van der Waals surface area contributed by atoms with Crippen LogP contribution in [0, 0.1) is 16.7 Å². The third-order valence-corrected chi connectivity index (χ3v) is 6.76. The van der Waals surface area contributed by atoms with E-state index in [2.05, 4.69) is 6.58 Å². The van der Waals surface area contributed by atoms with Gasteiger partial charge < -0.3 is 20.1 Å². The number of allylic oxidation sites excluding steroid dienone is 3. The molecule has 1 fully saturated rings. The number of hydrogen-bond donors (Lipinski definition) is 3. The molecule has 0 heterocycles. The second-order valence-electron chi connectivity index (χ2n) is 8.51. The van der Waals surface area contributed by atoms with E-state index in [1.807, 2.05) is 6.92 Å². The lowest BCUT2D eigenvalue weighted by atomic mass is 9.47. The van der Waals surface area contributed by atoms with Crippen molar-refractivity contribution in [1.29, 1.82) is 0 Å². The van der Waals surface area contributed by atoms with Crippen LogP contribution in [-0.4, -0.2) is 52.2 Å². The molecule has 3 aliphatic carbocycles. The molecule has 7 nitrogen and oxygen atoms in total. The highest BCUT2D eigenvalue weighted by Crippen LogP contribution is 2.61. The zero-order valence-corrected chi connectivity index (χ0v) is 16.1. The SMILES string of the molecule is C=CCC1=C(O)C2=C(C(=O)C1=O)[C@@]1(C)CCC[C@](C)(COC=O)[C@@H]1[C@H](O)[C@H]2O. The van der Waals surface area contributed by atoms with E-state index in [1.54, 1.807) is 6.92 Å². The van der Waals surface area contributed by atoms with Crippen LogP contribution in [0.1, 0.15) is 39.5 Å². The first-order chi connectivity index (χ1) is 13.1. The smallest absolute Gasteiger partial charge is 0.293 e. The Balaban J connectivity index is 2.24. The van der Waals surface area contributed by atoms with Crippen LogP contribution in [0.2, 0.25) is 0 Å². The summed E-state index contributed by atoms with van der Waals surface area (Å²) >= 11 is 0. The summed E-state index contributed by atoms with van der Waals surface area (Å²) in [5.74, 6) is -2.64. The molecule has 152 valence electrons. The molecule has 1 saturated carbocycles. The van der Waals surface area contributed by atoms with E-state index in [0.717, 1.165) is 0 Å². The number of fused-ring (bicyclic) bond motifs is 2. The maximum atomic E-state index is 13.1. The van der Waals surface area contributed by atoms with Crippen molar-refractivity contribution in [2.45, 2.75) is 51.7 Å². The zero-order valence-electron chi connectivity index (χ0n) is 16.1. The average Bonchev–Trinajstić information content (AvgIpc) is 2.64. The molecule has 0 spiro atoms. The molecule has 0 amide bonds. The maximum absolute atomic E-state index is 13.1. The van der Waals surface area contributed by atoms with E-state index in [9.17, 15) is 29.7 Å². The predicted octanol–water partition coefficient (Wildman–Crippen LogP) is 1.54. The van der Waals surface area contributed by atoms with Gasteiger partial charge in [-0.3, -0.25) is 14.4 Å². The van der Waals surface area contributed by atoms with Crippen LogP contribution in [-0.2, 0) is 19.1 Å². The lowest BCUT2D eigenvalue weighted by Gasteiger charge is -2.58. The van der Waals surface area contributed by atoms with Crippen molar-refractivity contribution >= 4 is 18.0 Å². The molecule has 3 N–H and O–H groups in total. The van der Waals surface area contributed by atoms with Gasteiger partial charge in [-0.25, -0.2) is 0 Å². The van der Waals surface area contributed by atoms with Gasteiger partial charge in [-0.1, -0.05) is 26.3 Å². The molecule has 0 aromatic carbocycles. The summed E-state index contributed by atoms with van der Waals surface area (Å²) in [6, 6.07) is 0. The summed E-state index contributed by atoms with van der Waals surface area (Å²) in [4.78, 5) is 36.5. The summed E-state index contributed by atoms with van der Waals surface area (Å²) in [6.07, 6.45) is 0.361. The number of aliphatic hydroxyl groups excluding tert-OH is 3. The number of carbonyl (C=O) groups is 3.